The summed E-state index contributed by atoms with van der Waals surface area (Å²) in [5.41, 5.74) is 0. The average molecular weight is 239 g/mol. The molecule has 2 unspecified atom stereocenters. The van der Waals surface area contributed by atoms with Gasteiger partial charge in [0.15, 0.2) is 0 Å². The van der Waals surface area contributed by atoms with Crippen LogP contribution >= 0.6 is 0 Å². The van der Waals surface area contributed by atoms with E-state index < -0.39 is 11.2 Å². The molecule has 2 atom stereocenters. The molecule has 0 aromatic carbocycles. The maximum atomic E-state index is 10.6. The molecule has 1 saturated heterocycles. The second-order valence-corrected chi connectivity index (χ2v) is 4.52. The summed E-state index contributed by atoms with van der Waals surface area (Å²) in [6, 6.07) is 0.0504. The molecular weight excluding hydrogens is 222 g/mol. The summed E-state index contributed by atoms with van der Waals surface area (Å²) in [5, 5.41) is 17.9. The van der Waals surface area contributed by atoms with Crippen molar-refractivity contribution in [2.45, 2.75) is 18.9 Å². The van der Waals surface area contributed by atoms with E-state index in [1.165, 1.54) is 6.26 Å². The fourth-order valence-corrected chi connectivity index (χ4v) is 1.49. The number of aliphatic hydroxyl groups excluding tert-OH is 1. The van der Waals surface area contributed by atoms with Gasteiger partial charge in [0, 0.05) is 6.54 Å². The Kier molecular flexibility index (Phi) is 7.39. The number of hydrogen-bond acceptors (Lipinski definition) is 5. The standard InChI is InChI=1S/C7H15N3O3S.H2O/c1-14(12)6-13-9-8-10-4-2-3-7(10)5-11;/h7,11H,2-6H2,1H3;1H2/b9-8-;. The van der Waals surface area contributed by atoms with Gasteiger partial charge in [0.2, 0.25) is 0 Å². The molecule has 0 spiro atoms. The molecule has 1 fully saturated rings. The zero-order chi connectivity index (χ0) is 10.4. The van der Waals surface area contributed by atoms with Crippen LogP contribution in [0.2, 0.25) is 0 Å². The van der Waals surface area contributed by atoms with E-state index in [0.717, 1.165) is 19.4 Å². The minimum absolute atomic E-state index is 0. The summed E-state index contributed by atoms with van der Waals surface area (Å²) < 4.78 is 10.6. The molecule has 0 saturated carbocycles. The smallest absolute Gasteiger partial charge is 0.270 e. The highest BCUT2D eigenvalue weighted by molar-refractivity contribution is 7.90. The molecule has 3 N–H and O–H groups in total. The Bertz CT molecular complexity index is 193. The Morgan fingerprint density at radius 2 is 2.40 bits per heavy atom. The van der Waals surface area contributed by atoms with Gasteiger partial charge in [-0.1, -0.05) is 0 Å². The number of nitrogens with zero attached hydrogens (tertiary/aromatic N) is 3. The van der Waals surface area contributed by atoms with Gasteiger partial charge in [-0.25, -0.2) is 0 Å². The zero-order valence-corrected chi connectivity index (χ0v) is 9.44. The molecule has 1 aliphatic heterocycles. The van der Waals surface area contributed by atoms with Crippen LogP contribution < -0.4 is 0 Å². The van der Waals surface area contributed by atoms with Gasteiger partial charge in [0.1, 0.15) is 0 Å². The van der Waals surface area contributed by atoms with E-state index >= 15 is 0 Å². The van der Waals surface area contributed by atoms with Crippen molar-refractivity contribution >= 4 is 11.2 Å². The SMILES string of the molecule is C[S+]([O-])CO/N=N\N1CCCC1CO.O. The monoisotopic (exact) mass is 239 g/mol. The average Bonchev–Trinajstić information content (AvgIpc) is 2.59. The molecule has 1 rings (SSSR count). The molecule has 0 aromatic heterocycles. The van der Waals surface area contributed by atoms with Gasteiger partial charge in [-0.2, -0.15) is 0 Å². The fourth-order valence-electron chi connectivity index (χ4n) is 1.29. The van der Waals surface area contributed by atoms with Crippen LogP contribution in [0.4, 0.5) is 0 Å². The highest BCUT2D eigenvalue weighted by Gasteiger charge is 2.22. The van der Waals surface area contributed by atoms with Crippen LogP contribution in [0.5, 0.6) is 0 Å². The molecule has 0 amide bonds. The highest BCUT2D eigenvalue weighted by Crippen LogP contribution is 2.16. The van der Waals surface area contributed by atoms with E-state index in [0.29, 0.717) is 0 Å². The maximum Gasteiger partial charge on any atom is 0.270 e. The molecule has 1 aliphatic rings. The molecule has 0 bridgehead atoms. The third-order valence-electron chi connectivity index (χ3n) is 1.98. The summed E-state index contributed by atoms with van der Waals surface area (Å²) in [5.74, 6) is 0.0567. The Balaban J connectivity index is 0.00000196. The van der Waals surface area contributed by atoms with Gasteiger partial charge >= 0.3 is 0 Å². The maximum absolute atomic E-state index is 10.6. The third kappa shape index (κ3) is 5.17. The Hall–Kier alpha value is -0.570. The van der Waals surface area contributed by atoms with E-state index in [-0.39, 0.29) is 24.1 Å². The van der Waals surface area contributed by atoms with E-state index in [1.54, 1.807) is 5.01 Å². The Morgan fingerprint density at radius 3 is 3.00 bits per heavy atom. The fraction of sp³-hybridized carbons (Fsp3) is 1.00. The van der Waals surface area contributed by atoms with Crippen molar-refractivity contribution in [1.82, 2.24) is 5.01 Å². The third-order valence-corrected chi connectivity index (χ3v) is 2.42. The van der Waals surface area contributed by atoms with Crippen LogP contribution in [0.25, 0.3) is 0 Å². The lowest BCUT2D eigenvalue weighted by Crippen LogP contribution is -2.27. The summed E-state index contributed by atoms with van der Waals surface area (Å²) in [7, 11) is 0. The van der Waals surface area contributed by atoms with Crippen molar-refractivity contribution in [1.29, 1.82) is 0 Å². The minimum atomic E-state index is -1.02. The van der Waals surface area contributed by atoms with Gasteiger partial charge < -0.3 is 20.0 Å². The van der Waals surface area contributed by atoms with Crippen LogP contribution in [-0.4, -0.2) is 51.5 Å². The lowest BCUT2D eigenvalue weighted by atomic mass is 10.2. The topological polar surface area (TPSA) is 112 Å². The summed E-state index contributed by atoms with van der Waals surface area (Å²) >= 11 is -1.02. The first kappa shape index (κ1) is 14.4. The molecule has 7 nitrogen and oxygen atoms in total. The first-order valence-corrected chi connectivity index (χ1v) is 6.17. The number of hydrogen-bond donors (Lipinski definition) is 1. The molecule has 8 heteroatoms. The van der Waals surface area contributed by atoms with E-state index in [9.17, 15) is 4.55 Å². The van der Waals surface area contributed by atoms with Crippen molar-refractivity contribution < 1.29 is 20.0 Å². The van der Waals surface area contributed by atoms with Crippen LogP contribution in [0.3, 0.4) is 0 Å². The highest BCUT2D eigenvalue weighted by atomic mass is 32.2. The van der Waals surface area contributed by atoms with Crippen molar-refractivity contribution in [2.24, 2.45) is 10.5 Å². The molecule has 0 aliphatic carbocycles. The number of rotatable bonds is 5. The first-order valence-electron chi connectivity index (χ1n) is 4.44. The Labute approximate surface area is 91.5 Å². The lowest BCUT2D eigenvalue weighted by Gasteiger charge is -2.16. The summed E-state index contributed by atoms with van der Waals surface area (Å²) in [4.78, 5) is 4.68. The predicted molar refractivity (Wildman–Crippen MR) is 55.3 cm³/mol. The van der Waals surface area contributed by atoms with Crippen LogP contribution in [0.1, 0.15) is 12.8 Å². The van der Waals surface area contributed by atoms with Crippen LogP contribution in [0.15, 0.2) is 10.5 Å². The molecule has 0 radical (unpaired) electrons. The lowest BCUT2D eigenvalue weighted by molar-refractivity contribution is 0.0991. The van der Waals surface area contributed by atoms with Gasteiger partial charge in [-0.15, -0.1) is 0 Å². The van der Waals surface area contributed by atoms with E-state index in [2.05, 4.69) is 15.3 Å². The normalized spacial score (nSPS) is 22.9. The largest absolute Gasteiger partial charge is 0.614 e. The van der Waals surface area contributed by atoms with Gasteiger partial charge in [0.05, 0.1) is 24.2 Å². The summed E-state index contributed by atoms with van der Waals surface area (Å²) in [6.45, 7) is 0.867. The molecular formula is C7H17N3O4S. The van der Waals surface area contributed by atoms with Crippen molar-refractivity contribution in [3.63, 3.8) is 0 Å². The van der Waals surface area contributed by atoms with Crippen LogP contribution in [-0.2, 0) is 16.0 Å². The van der Waals surface area contributed by atoms with Crippen LogP contribution in [0, 0.1) is 0 Å². The second-order valence-electron chi connectivity index (χ2n) is 3.13. The second kappa shape index (κ2) is 7.69. The van der Waals surface area contributed by atoms with Crippen molar-refractivity contribution in [3.8, 4) is 0 Å². The van der Waals surface area contributed by atoms with Gasteiger partial charge in [0.25, 0.3) is 5.94 Å². The molecule has 90 valence electrons. The predicted octanol–water partition coefficient (Wildman–Crippen LogP) is -0.747. The zero-order valence-electron chi connectivity index (χ0n) is 8.63. The molecule has 15 heavy (non-hydrogen) atoms. The summed E-state index contributed by atoms with van der Waals surface area (Å²) in [6.07, 6.45) is 3.46. The van der Waals surface area contributed by atoms with Crippen molar-refractivity contribution in [3.05, 3.63) is 0 Å². The molecule has 0 aromatic rings. The minimum Gasteiger partial charge on any atom is -0.614 e. The van der Waals surface area contributed by atoms with E-state index in [1.807, 2.05) is 0 Å². The van der Waals surface area contributed by atoms with E-state index in [4.69, 9.17) is 5.11 Å². The first-order chi connectivity index (χ1) is 6.74. The van der Waals surface area contributed by atoms with Gasteiger partial charge in [-0.05, 0) is 29.2 Å². The van der Waals surface area contributed by atoms with Gasteiger partial charge in [-0.3, -0.25) is 5.01 Å². The quantitative estimate of drug-likeness (QED) is 0.386. The molecule has 1 heterocycles. The Morgan fingerprint density at radius 1 is 1.67 bits per heavy atom. The number of aliphatic hydroxyl groups is 1. The van der Waals surface area contributed by atoms with Crippen molar-refractivity contribution in [2.75, 3.05) is 25.3 Å².